The van der Waals surface area contributed by atoms with Crippen LogP contribution in [0.2, 0.25) is 0 Å². The SMILES string of the molecule is Oc1ccccc1OCC=CC(O)(O)O. The van der Waals surface area contributed by atoms with E-state index in [4.69, 9.17) is 20.1 Å². The highest BCUT2D eigenvalue weighted by Gasteiger charge is 2.11. The average molecular weight is 212 g/mol. The maximum absolute atomic E-state index is 9.27. The number of aromatic hydroxyl groups is 1. The molecule has 5 heteroatoms. The van der Waals surface area contributed by atoms with E-state index in [1.807, 2.05) is 0 Å². The van der Waals surface area contributed by atoms with E-state index in [2.05, 4.69) is 0 Å². The molecule has 5 nitrogen and oxygen atoms in total. The zero-order valence-electron chi connectivity index (χ0n) is 7.87. The third-order valence-corrected chi connectivity index (χ3v) is 1.54. The molecule has 82 valence electrons. The Morgan fingerprint density at radius 1 is 1.20 bits per heavy atom. The number of rotatable bonds is 4. The Kier molecular flexibility index (Phi) is 3.68. The number of ether oxygens (including phenoxy) is 1. The van der Waals surface area contributed by atoms with E-state index in [0.717, 1.165) is 6.08 Å². The molecule has 0 atom stereocenters. The highest BCUT2D eigenvalue weighted by atomic mass is 16.7. The molecule has 0 aliphatic heterocycles. The summed E-state index contributed by atoms with van der Waals surface area (Å²) in [5, 5.41) is 34.7. The minimum Gasteiger partial charge on any atom is -0.504 e. The quantitative estimate of drug-likeness (QED) is 0.415. The largest absolute Gasteiger partial charge is 0.504 e. The summed E-state index contributed by atoms with van der Waals surface area (Å²) in [6.07, 6.45) is 1.97. The normalized spacial score (nSPS) is 11.9. The fourth-order valence-electron chi connectivity index (χ4n) is 0.923. The number of hydrogen-bond acceptors (Lipinski definition) is 5. The van der Waals surface area contributed by atoms with Crippen molar-refractivity contribution in [3.8, 4) is 11.5 Å². The smallest absolute Gasteiger partial charge is 0.297 e. The standard InChI is InChI=1S/C10H12O5/c11-8-4-1-2-5-9(8)15-7-3-6-10(12,13)14/h1-6,11-14H,7H2. The lowest BCUT2D eigenvalue weighted by Gasteiger charge is -2.08. The van der Waals surface area contributed by atoms with E-state index in [1.165, 1.54) is 12.1 Å². The molecule has 1 aromatic carbocycles. The van der Waals surface area contributed by atoms with Crippen LogP contribution in [0.4, 0.5) is 0 Å². The van der Waals surface area contributed by atoms with Crippen LogP contribution in [0.25, 0.3) is 0 Å². The molecular weight excluding hydrogens is 200 g/mol. The molecule has 0 aliphatic carbocycles. The lowest BCUT2D eigenvalue weighted by atomic mass is 10.3. The molecule has 0 saturated heterocycles. The van der Waals surface area contributed by atoms with Crippen LogP contribution >= 0.6 is 0 Å². The van der Waals surface area contributed by atoms with Gasteiger partial charge in [0.2, 0.25) is 0 Å². The molecule has 0 heterocycles. The van der Waals surface area contributed by atoms with Crippen LogP contribution in [-0.2, 0) is 0 Å². The Morgan fingerprint density at radius 3 is 2.47 bits per heavy atom. The van der Waals surface area contributed by atoms with Gasteiger partial charge in [-0.1, -0.05) is 12.1 Å². The summed E-state index contributed by atoms with van der Waals surface area (Å²) in [4.78, 5) is 0. The fraction of sp³-hybridized carbons (Fsp3) is 0.200. The first-order valence-electron chi connectivity index (χ1n) is 4.24. The third-order valence-electron chi connectivity index (χ3n) is 1.54. The van der Waals surface area contributed by atoms with Crippen LogP contribution in [0.15, 0.2) is 36.4 Å². The van der Waals surface area contributed by atoms with Crippen LogP contribution < -0.4 is 4.74 Å². The van der Waals surface area contributed by atoms with Crippen LogP contribution in [0, 0.1) is 0 Å². The van der Waals surface area contributed by atoms with Gasteiger partial charge in [-0.3, -0.25) is 0 Å². The first-order valence-corrected chi connectivity index (χ1v) is 4.24. The van der Waals surface area contributed by atoms with E-state index in [0.29, 0.717) is 0 Å². The van der Waals surface area contributed by atoms with Gasteiger partial charge < -0.3 is 25.2 Å². The Hall–Kier alpha value is -1.56. The van der Waals surface area contributed by atoms with E-state index in [-0.39, 0.29) is 18.1 Å². The number of phenols is 1. The van der Waals surface area contributed by atoms with E-state index < -0.39 is 5.97 Å². The highest BCUT2D eigenvalue weighted by Crippen LogP contribution is 2.24. The van der Waals surface area contributed by atoms with Crippen molar-refractivity contribution >= 4 is 0 Å². The lowest BCUT2D eigenvalue weighted by Crippen LogP contribution is -2.23. The van der Waals surface area contributed by atoms with Crippen molar-refractivity contribution in [2.24, 2.45) is 0 Å². The second kappa shape index (κ2) is 4.79. The summed E-state index contributed by atoms with van der Waals surface area (Å²) >= 11 is 0. The number of para-hydroxylation sites is 2. The minimum absolute atomic E-state index is 0.000995. The van der Waals surface area contributed by atoms with E-state index in [1.54, 1.807) is 18.2 Å². The van der Waals surface area contributed by atoms with E-state index in [9.17, 15) is 5.11 Å². The van der Waals surface area contributed by atoms with Gasteiger partial charge in [-0.25, -0.2) is 0 Å². The van der Waals surface area contributed by atoms with Gasteiger partial charge in [0.1, 0.15) is 6.61 Å². The molecule has 1 rings (SSSR count). The Balaban J connectivity index is 2.45. The van der Waals surface area contributed by atoms with Crippen molar-refractivity contribution in [1.29, 1.82) is 0 Å². The van der Waals surface area contributed by atoms with Crippen molar-refractivity contribution in [1.82, 2.24) is 0 Å². The summed E-state index contributed by atoms with van der Waals surface area (Å²) in [6, 6.07) is 6.37. The van der Waals surface area contributed by atoms with Gasteiger partial charge in [-0.15, -0.1) is 0 Å². The van der Waals surface area contributed by atoms with Gasteiger partial charge in [-0.05, 0) is 18.2 Å². The third kappa shape index (κ3) is 4.46. The zero-order chi connectivity index (χ0) is 11.3. The van der Waals surface area contributed by atoms with Crippen LogP contribution in [-0.4, -0.2) is 33.0 Å². The second-order valence-corrected chi connectivity index (χ2v) is 2.87. The molecule has 0 saturated carbocycles. The van der Waals surface area contributed by atoms with Gasteiger partial charge >= 0.3 is 0 Å². The molecule has 0 radical (unpaired) electrons. The van der Waals surface area contributed by atoms with Crippen LogP contribution in [0.5, 0.6) is 11.5 Å². The van der Waals surface area contributed by atoms with Gasteiger partial charge in [-0.2, -0.15) is 0 Å². The molecule has 0 aliphatic rings. The van der Waals surface area contributed by atoms with Crippen molar-refractivity contribution < 1.29 is 25.2 Å². The zero-order valence-corrected chi connectivity index (χ0v) is 7.87. The van der Waals surface area contributed by atoms with Crippen molar-refractivity contribution in [2.75, 3.05) is 6.61 Å². The molecule has 0 spiro atoms. The predicted octanol–water partition coefficient (Wildman–Crippen LogP) is -0.0421. The molecular formula is C10H12O5. The molecule has 1 aromatic rings. The van der Waals surface area contributed by atoms with Crippen LogP contribution in [0.3, 0.4) is 0 Å². The Morgan fingerprint density at radius 2 is 1.87 bits per heavy atom. The maximum atomic E-state index is 9.27. The molecule has 0 aromatic heterocycles. The molecule has 0 fully saturated rings. The van der Waals surface area contributed by atoms with Crippen molar-refractivity contribution in [2.45, 2.75) is 5.97 Å². The summed E-state index contributed by atoms with van der Waals surface area (Å²) in [5.41, 5.74) is 0. The average Bonchev–Trinajstić information content (AvgIpc) is 2.13. The molecule has 0 unspecified atom stereocenters. The maximum Gasteiger partial charge on any atom is 0.297 e. The Bertz CT molecular complexity index is 340. The minimum atomic E-state index is -2.83. The lowest BCUT2D eigenvalue weighted by molar-refractivity contribution is -0.273. The first-order chi connectivity index (χ1) is 6.99. The highest BCUT2D eigenvalue weighted by molar-refractivity contribution is 5.37. The van der Waals surface area contributed by atoms with Crippen LogP contribution in [0.1, 0.15) is 0 Å². The summed E-state index contributed by atoms with van der Waals surface area (Å²) in [6.45, 7) is 0.000995. The molecule has 0 bridgehead atoms. The van der Waals surface area contributed by atoms with Gasteiger partial charge in [0.05, 0.1) is 0 Å². The molecule has 15 heavy (non-hydrogen) atoms. The fourth-order valence-corrected chi connectivity index (χ4v) is 0.923. The topological polar surface area (TPSA) is 90.2 Å². The number of hydrogen-bond donors (Lipinski definition) is 4. The number of benzene rings is 1. The van der Waals surface area contributed by atoms with Gasteiger partial charge in [0, 0.05) is 6.08 Å². The van der Waals surface area contributed by atoms with E-state index >= 15 is 0 Å². The summed E-state index contributed by atoms with van der Waals surface area (Å²) in [5.74, 6) is -2.56. The number of phenolic OH excluding ortho intramolecular Hbond substituents is 1. The predicted molar refractivity (Wildman–Crippen MR) is 52.1 cm³/mol. The first kappa shape index (κ1) is 11.5. The monoisotopic (exact) mass is 212 g/mol. The second-order valence-electron chi connectivity index (χ2n) is 2.87. The molecule has 4 N–H and O–H groups in total. The van der Waals surface area contributed by atoms with Gasteiger partial charge in [0.15, 0.2) is 11.5 Å². The van der Waals surface area contributed by atoms with Crippen molar-refractivity contribution in [3.05, 3.63) is 36.4 Å². The summed E-state index contributed by atoms with van der Waals surface area (Å²) < 4.78 is 5.06. The summed E-state index contributed by atoms with van der Waals surface area (Å²) in [7, 11) is 0. The molecule has 0 amide bonds. The Labute approximate surface area is 86.5 Å². The van der Waals surface area contributed by atoms with Crippen molar-refractivity contribution in [3.63, 3.8) is 0 Å². The van der Waals surface area contributed by atoms with Gasteiger partial charge in [0.25, 0.3) is 5.97 Å². The number of aliphatic hydroxyl groups is 3.